The molecule has 1 atom stereocenters. The van der Waals surface area contributed by atoms with Crippen LogP contribution in [0.25, 0.3) is 6.08 Å². The molecule has 1 aliphatic rings. The summed E-state index contributed by atoms with van der Waals surface area (Å²) in [7, 11) is -0.227. The van der Waals surface area contributed by atoms with E-state index in [1.165, 1.54) is 11.1 Å². The maximum absolute atomic E-state index is 2.39. The molecule has 1 aromatic carbocycles. The summed E-state index contributed by atoms with van der Waals surface area (Å²) >= 11 is 0. The Kier molecular flexibility index (Phi) is 4.20. The minimum absolute atomic E-state index is 0. The number of fused-ring (bicyclic) bond motifs is 1. The molecule has 0 heterocycles. The van der Waals surface area contributed by atoms with Gasteiger partial charge in [0.2, 0.25) is 0 Å². The summed E-state index contributed by atoms with van der Waals surface area (Å²) in [5.74, 6) is 0. The van der Waals surface area contributed by atoms with Gasteiger partial charge < -0.3 is 1.43 Å². The van der Waals surface area contributed by atoms with E-state index < -0.39 is 0 Å². The standard InChI is InChI=1S/C12H15Si.Na.H/c1-9-5-4-6-11-10(9)7-8-12(11)13(2)3;;/h4-8,12H,1-3H3;;/q;+1;-1. The van der Waals surface area contributed by atoms with Crippen LogP contribution in [0.15, 0.2) is 24.3 Å². The Labute approximate surface area is 112 Å². The predicted octanol–water partition coefficient (Wildman–Crippen LogP) is 0.516. The van der Waals surface area contributed by atoms with Crippen LogP contribution in [0.3, 0.4) is 0 Å². The van der Waals surface area contributed by atoms with Gasteiger partial charge in [0, 0.05) is 0 Å². The third-order valence-electron chi connectivity index (χ3n) is 2.77. The third kappa shape index (κ3) is 2.06. The molecule has 14 heavy (non-hydrogen) atoms. The molecular weight excluding hydrogens is 195 g/mol. The maximum atomic E-state index is 2.39. The first-order valence-electron chi connectivity index (χ1n) is 4.78. The van der Waals surface area contributed by atoms with Gasteiger partial charge in [-0.05, 0) is 29.2 Å². The van der Waals surface area contributed by atoms with Crippen molar-refractivity contribution in [2.75, 3.05) is 0 Å². The summed E-state index contributed by atoms with van der Waals surface area (Å²) in [6, 6.07) is 6.66. The summed E-state index contributed by atoms with van der Waals surface area (Å²) < 4.78 is 0. The van der Waals surface area contributed by atoms with E-state index in [2.05, 4.69) is 50.4 Å². The van der Waals surface area contributed by atoms with E-state index >= 15 is 0 Å². The van der Waals surface area contributed by atoms with Gasteiger partial charge in [-0.1, -0.05) is 43.4 Å². The van der Waals surface area contributed by atoms with E-state index in [0.29, 0.717) is 0 Å². The van der Waals surface area contributed by atoms with Gasteiger partial charge in [-0.25, -0.2) is 0 Å². The number of allylic oxidation sites excluding steroid dienone is 1. The fourth-order valence-electron chi connectivity index (χ4n) is 2.00. The predicted molar refractivity (Wildman–Crippen MR) is 61.5 cm³/mol. The Balaban J connectivity index is 0.000000980. The molecule has 0 N–H and O–H groups in total. The summed E-state index contributed by atoms with van der Waals surface area (Å²) in [5, 5.41) is 0. The van der Waals surface area contributed by atoms with Crippen LogP contribution < -0.4 is 29.6 Å². The molecule has 1 aliphatic carbocycles. The molecule has 1 unspecified atom stereocenters. The van der Waals surface area contributed by atoms with Crippen molar-refractivity contribution in [2.24, 2.45) is 0 Å². The van der Waals surface area contributed by atoms with E-state index in [9.17, 15) is 0 Å². The van der Waals surface area contributed by atoms with Crippen LogP contribution in [0.5, 0.6) is 0 Å². The molecule has 69 valence electrons. The smallest absolute Gasteiger partial charge is 1.00 e. The second kappa shape index (κ2) is 4.80. The summed E-state index contributed by atoms with van der Waals surface area (Å²) in [6.07, 6.45) is 4.68. The van der Waals surface area contributed by atoms with E-state index in [1.807, 2.05) is 0 Å². The largest absolute Gasteiger partial charge is 1.00 e. The van der Waals surface area contributed by atoms with Crippen LogP contribution in [0, 0.1) is 6.92 Å². The van der Waals surface area contributed by atoms with Crippen molar-refractivity contribution in [1.82, 2.24) is 0 Å². The van der Waals surface area contributed by atoms with Crippen molar-refractivity contribution in [3.8, 4) is 0 Å². The van der Waals surface area contributed by atoms with Crippen molar-refractivity contribution in [3.05, 3.63) is 41.0 Å². The molecule has 0 spiro atoms. The summed E-state index contributed by atoms with van der Waals surface area (Å²) in [4.78, 5) is 0. The number of hydrogen-bond acceptors (Lipinski definition) is 0. The van der Waals surface area contributed by atoms with Gasteiger partial charge in [0.1, 0.15) is 0 Å². The van der Waals surface area contributed by atoms with Gasteiger partial charge in [-0.3, -0.25) is 0 Å². The zero-order chi connectivity index (χ0) is 9.42. The zero-order valence-electron chi connectivity index (χ0n) is 10.5. The van der Waals surface area contributed by atoms with Crippen molar-refractivity contribution in [3.63, 3.8) is 0 Å². The van der Waals surface area contributed by atoms with Crippen LogP contribution in [0.2, 0.25) is 13.1 Å². The van der Waals surface area contributed by atoms with Crippen molar-refractivity contribution < 1.29 is 31.0 Å². The van der Waals surface area contributed by atoms with Gasteiger partial charge in [-0.2, -0.15) is 0 Å². The van der Waals surface area contributed by atoms with Gasteiger partial charge >= 0.3 is 29.6 Å². The molecule has 2 heteroatoms. The minimum atomic E-state index is -0.227. The topological polar surface area (TPSA) is 0 Å². The zero-order valence-corrected chi connectivity index (χ0v) is 12.5. The molecule has 0 nitrogen and oxygen atoms in total. The van der Waals surface area contributed by atoms with Crippen molar-refractivity contribution in [2.45, 2.75) is 25.6 Å². The first-order chi connectivity index (χ1) is 6.20. The average Bonchev–Trinajstić information content (AvgIpc) is 2.48. The molecule has 1 radical (unpaired) electrons. The first kappa shape index (κ1) is 12.2. The van der Waals surface area contributed by atoms with Crippen LogP contribution in [0.4, 0.5) is 0 Å². The summed E-state index contributed by atoms with van der Waals surface area (Å²) in [6.45, 7) is 6.97. The molecule has 1 aromatic rings. The van der Waals surface area contributed by atoms with Crippen LogP contribution in [-0.2, 0) is 0 Å². The Bertz CT molecular complexity index is 361. The first-order valence-corrected chi connectivity index (χ1v) is 7.35. The van der Waals surface area contributed by atoms with E-state index in [1.54, 1.807) is 5.56 Å². The normalized spacial score (nSPS) is 18.1. The van der Waals surface area contributed by atoms with Gasteiger partial charge in [0.05, 0.1) is 8.80 Å². The second-order valence-corrected chi connectivity index (χ2v) is 6.77. The fraction of sp³-hybridized carbons (Fsp3) is 0.333. The van der Waals surface area contributed by atoms with Crippen LogP contribution >= 0.6 is 0 Å². The molecular formula is C12H16NaSi. The Morgan fingerprint density at radius 3 is 2.64 bits per heavy atom. The number of aryl methyl sites for hydroxylation is 1. The van der Waals surface area contributed by atoms with Gasteiger partial charge in [0.25, 0.3) is 0 Å². The van der Waals surface area contributed by atoms with E-state index in [4.69, 9.17) is 0 Å². The molecule has 0 bridgehead atoms. The maximum Gasteiger partial charge on any atom is 1.00 e. The van der Waals surface area contributed by atoms with Crippen molar-refractivity contribution in [1.29, 1.82) is 0 Å². The molecule has 0 saturated heterocycles. The minimum Gasteiger partial charge on any atom is -1.00 e. The molecule has 2 rings (SSSR count). The summed E-state index contributed by atoms with van der Waals surface area (Å²) in [5.41, 5.74) is 5.18. The molecule has 0 saturated carbocycles. The molecule has 0 aliphatic heterocycles. The Morgan fingerprint density at radius 1 is 1.29 bits per heavy atom. The monoisotopic (exact) mass is 211 g/mol. The van der Waals surface area contributed by atoms with Gasteiger partial charge in [-0.15, -0.1) is 0 Å². The third-order valence-corrected chi connectivity index (χ3v) is 4.52. The van der Waals surface area contributed by atoms with Crippen molar-refractivity contribution >= 4 is 14.9 Å². The number of benzene rings is 1. The Morgan fingerprint density at radius 2 is 2.00 bits per heavy atom. The quantitative estimate of drug-likeness (QED) is 0.594. The number of rotatable bonds is 1. The van der Waals surface area contributed by atoms with E-state index in [-0.39, 0.29) is 39.8 Å². The molecule has 0 fully saturated rings. The van der Waals surface area contributed by atoms with Crippen LogP contribution in [0.1, 0.15) is 23.7 Å². The van der Waals surface area contributed by atoms with E-state index in [0.717, 1.165) is 5.54 Å². The second-order valence-electron chi connectivity index (χ2n) is 3.99. The van der Waals surface area contributed by atoms with Gasteiger partial charge in [0.15, 0.2) is 0 Å². The molecule has 0 aromatic heterocycles. The molecule has 0 amide bonds. The number of hydrogen-bond donors (Lipinski definition) is 0. The fourth-order valence-corrected chi connectivity index (χ4v) is 3.36. The average molecular weight is 211 g/mol. The SMILES string of the molecule is Cc1cccc2c1C=CC2[Si](C)C.[H-].[Na+]. The van der Waals surface area contributed by atoms with Crippen LogP contribution in [-0.4, -0.2) is 8.80 Å². The Hall–Kier alpha value is 0.177.